The summed E-state index contributed by atoms with van der Waals surface area (Å²) in [4.78, 5) is 44.3. The first kappa shape index (κ1) is 40.3. The van der Waals surface area contributed by atoms with Crippen LogP contribution in [0.5, 0.6) is 11.5 Å². The molecule has 1 aliphatic carbocycles. The van der Waals surface area contributed by atoms with Crippen molar-refractivity contribution < 1.29 is 70.9 Å². The van der Waals surface area contributed by atoms with Gasteiger partial charge in [-0.3, -0.25) is 4.90 Å². The summed E-state index contributed by atoms with van der Waals surface area (Å²) in [6, 6.07) is 9.57. The second-order valence-electron chi connectivity index (χ2n) is 14.9. The molecular weight excluding hydrogens is 731 g/mol. The number of alkyl halides is 3. The molecule has 300 valence electrons. The lowest BCUT2D eigenvalue weighted by molar-refractivity contribution is -0.281. The molecule has 16 heteroatoms. The van der Waals surface area contributed by atoms with E-state index in [9.17, 15) is 37.8 Å². The highest BCUT2D eigenvalue weighted by atomic mass is 19.4. The maximum atomic E-state index is 14.9. The van der Waals surface area contributed by atoms with Gasteiger partial charge in [0.15, 0.2) is 17.6 Å². The molecular formula is C39H46F3NO12. The van der Waals surface area contributed by atoms with Gasteiger partial charge in [0.2, 0.25) is 18.5 Å². The Labute approximate surface area is 316 Å². The van der Waals surface area contributed by atoms with Gasteiger partial charge in [0.05, 0.1) is 31.3 Å². The number of rotatable bonds is 13. The molecule has 1 spiro atoms. The largest absolute Gasteiger partial charge is 0.497 e. The van der Waals surface area contributed by atoms with Crippen LogP contribution in [0.1, 0.15) is 68.6 Å². The zero-order chi connectivity index (χ0) is 40.0. The van der Waals surface area contributed by atoms with Crippen LogP contribution in [0.4, 0.5) is 13.2 Å². The number of benzene rings is 2. The molecule has 0 amide bonds. The van der Waals surface area contributed by atoms with Crippen molar-refractivity contribution in [3.8, 4) is 11.5 Å². The molecule has 0 unspecified atom stereocenters. The van der Waals surface area contributed by atoms with Gasteiger partial charge in [0, 0.05) is 19.2 Å². The molecule has 3 aliphatic heterocycles. The number of esters is 3. The fraction of sp³-hybridized carbons (Fsp3) is 0.564. The highest BCUT2D eigenvalue weighted by Crippen LogP contribution is 2.56. The lowest BCUT2D eigenvalue weighted by Gasteiger charge is -2.40. The molecule has 3 heterocycles. The van der Waals surface area contributed by atoms with Crippen molar-refractivity contribution in [2.24, 2.45) is 0 Å². The topological polar surface area (TPSA) is 160 Å². The molecule has 6 atom stereocenters. The van der Waals surface area contributed by atoms with E-state index in [0.717, 1.165) is 43.3 Å². The number of ether oxygens (including phenoxy) is 7. The van der Waals surface area contributed by atoms with Crippen LogP contribution in [-0.2, 0) is 50.1 Å². The summed E-state index contributed by atoms with van der Waals surface area (Å²) < 4.78 is 83.1. The molecule has 2 aromatic rings. The Morgan fingerprint density at radius 3 is 2.29 bits per heavy atom. The molecule has 2 N–H and O–H groups in total. The molecule has 0 saturated carbocycles. The zero-order valence-electron chi connectivity index (χ0n) is 31.3. The highest BCUT2D eigenvalue weighted by Gasteiger charge is 2.66. The molecule has 0 radical (unpaired) electrons. The SMILES string of the molecule is COC(=O)[C@@H](OC(=O)[C@](OC)(c1ccccc1)C(F)(F)F)[C@](O)(CCCC(C)(C)O)C(=O)O[C@@H]1C(OC)=C[C@]23CCCN2CCc2cc4c(cc2[C@H]13)OCO4. The van der Waals surface area contributed by atoms with Crippen molar-refractivity contribution in [2.45, 2.75) is 99.0 Å². The number of carbonyl (C=O) groups excluding carboxylic acids is 3. The predicted octanol–water partition coefficient (Wildman–Crippen LogP) is 4.21. The van der Waals surface area contributed by atoms with Crippen molar-refractivity contribution in [3.63, 3.8) is 0 Å². The first-order valence-corrected chi connectivity index (χ1v) is 18.0. The minimum atomic E-state index is -5.45. The van der Waals surface area contributed by atoms with E-state index in [1.807, 2.05) is 18.2 Å². The summed E-state index contributed by atoms with van der Waals surface area (Å²) in [5.74, 6) is -4.54. The third kappa shape index (κ3) is 7.02. The molecule has 0 bridgehead atoms. The van der Waals surface area contributed by atoms with Gasteiger partial charge in [-0.2, -0.15) is 13.2 Å². The Balaban J connectivity index is 1.43. The molecule has 4 aliphatic rings. The Kier molecular flexibility index (Phi) is 10.9. The molecule has 6 rings (SSSR count). The van der Waals surface area contributed by atoms with E-state index in [1.54, 1.807) is 0 Å². The van der Waals surface area contributed by atoms with Gasteiger partial charge in [-0.15, -0.1) is 0 Å². The maximum Gasteiger partial charge on any atom is 0.432 e. The van der Waals surface area contributed by atoms with Crippen LogP contribution in [0.2, 0.25) is 0 Å². The standard InChI is InChI=1S/C39H46F3NO12/c1-35(2,47)14-9-16-37(48,31(32(44)50-4)55-34(46)38(51-5,39(40,41)42)24-11-7-6-8-12-24)33(45)54-30-28(49-3)21-36-15-10-17-43(36)18-13-23-19-26-27(53-22-52-26)20-25(23)29(30)36/h6-8,11-12,19-21,29-31,47-48H,9-10,13-18,22H2,1-5H3/t29-,30-,31-,36+,37-,38-/m1/s1. The summed E-state index contributed by atoms with van der Waals surface area (Å²) in [5.41, 5.74) is -7.99. The molecule has 1 saturated heterocycles. The van der Waals surface area contributed by atoms with E-state index >= 15 is 0 Å². The van der Waals surface area contributed by atoms with Gasteiger partial charge in [-0.05, 0) is 88.3 Å². The van der Waals surface area contributed by atoms with Crippen LogP contribution in [-0.4, -0.2) is 109 Å². The van der Waals surface area contributed by atoms with Gasteiger partial charge in [0.1, 0.15) is 5.76 Å². The van der Waals surface area contributed by atoms with E-state index in [2.05, 4.69) is 4.90 Å². The monoisotopic (exact) mass is 777 g/mol. The molecule has 0 aromatic heterocycles. The number of hydrogen-bond acceptors (Lipinski definition) is 13. The molecule has 13 nitrogen and oxygen atoms in total. The Morgan fingerprint density at radius 2 is 1.67 bits per heavy atom. The van der Waals surface area contributed by atoms with E-state index in [1.165, 1.54) is 39.2 Å². The minimum Gasteiger partial charge on any atom is -0.497 e. The fourth-order valence-electron chi connectivity index (χ4n) is 8.47. The summed E-state index contributed by atoms with van der Waals surface area (Å²) in [7, 11) is 2.88. The van der Waals surface area contributed by atoms with Crippen LogP contribution < -0.4 is 9.47 Å². The summed E-state index contributed by atoms with van der Waals surface area (Å²) >= 11 is 0. The van der Waals surface area contributed by atoms with E-state index in [-0.39, 0.29) is 25.4 Å². The van der Waals surface area contributed by atoms with Crippen LogP contribution >= 0.6 is 0 Å². The average molecular weight is 778 g/mol. The smallest absolute Gasteiger partial charge is 0.432 e. The highest BCUT2D eigenvalue weighted by molar-refractivity contribution is 5.92. The van der Waals surface area contributed by atoms with Gasteiger partial charge in [0.25, 0.3) is 5.60 Å². The van der Waals surface area contributed by atoms with Crippen LogP contribution in [0.3, 0.4) is 0 Å². The van der Waals surface area contributed by atoms with Crippen LogP contribution in [0.25, 0.3) is 0 Å². The molecule has 55 heavy (non-hydrogen) atoms. The third-order valence-corrected chi connectivity index (χ3v) is 11.1. The number of fused-ring (bicyclic) bond motifs is 3. The lowest BCUT2D eigenvalue weighted by atomic mass is 9.77. The van der Waals surface area contributed by atoms with E-state index < -0.39 is 76.5 Å². The van der Waals surface area contributed by atoms with Gasteiger partial charge in [-0.1, -0.05) is 30.3 Å². The Morgan fingerprint density at radius 1 is 0.982 bits per heavy atom. The minimum absolute atomic E-state index is 0.0223. The summed E-state index contributed by atoms with van der Waals surface area (Å²) in [6.07, 6.45) is -6.33. The van der Waals surface area contributed by atoms with Gasteiger partial charge in [-0.25, -0.2) is 14.4 Å². The first-order chi connectivity index (χ1) is 26.0. The normalized spacial score (nSPS) is 24.5. The number of hydrogen-bond donors (Lipinski definition) is 2. The van der Waals surface area contributed by atoms with Crippen molar-refractivity contribution in [2.75, 3.05) is 41.2 Å². The second kappa shape index (κ2) is 14.9. The molecule has 2 aromatic carbocycles. The third-order valence-electron chi connectivity index (χ3n) is 11.1. The quantitative estimate of drug-likeness (QED) is 0.220. The summed E-state index contributed by atoms with van der Waals surface area (Å²) in [6.45, 7) is 4.34. The Hall–Kier alpha value is -4.38. The number of methoxy groups -OCH3 is 3. The van der Waals surface area contributed by atoms with Crippen molar-refractivity contribution in [1.82, 2.24) is 4.90 Å². The van der Waals surface area contributed by atoms with Crippen LogP contribution in [0, 0.1) is 0 Å². The lowest BCUT2D eigenvalue weighted by Crippen LogP contribution is -2.60. The second-order valence-corrected chi connectivity index (χ2v) is 14.9. The predicted molar refractivity (Wildman–Crippen MR) is 186 cm³/mol. The number of aliphatic hydroxyl groups is 2. The van der Waals surface area contributed by atoms with Gasteiger partial charge >= 0.3 is 24.1 Å². The first-order valence-electron chi connectivity index (χ1n) is 18.0. The fourth-order valence-corrected chi connectivity index (χ4v) is 8.47. The van der Waals surface area contributed by atoms with E-state index in [0.29, 0.717) is 38.0 Å². The number of nitrogens with zero attached hydrogens (tertiary/aromatic N) is 1. The van der Waals surface area contributed by atoms with E-state index in [4.69, 9.17) is 33.2 Å². The number of halogens is 3. The van der Waals surface area contributed by atoms with Crippen LogP contribution in [0.15, 0.2) is 54.3 Å². The van der Waals surface area contributed by atoms with Crippen molar-refractivity contribution in [3.05, 3.63) is 71.0 Å². The summed E-state index contributed by atoms with van der Waals surface area (Å²) in [5, 5.41) is 22.9. The maximum absolute atomic E-state index is 14.9. The Bertz CT molecular complexity index is 1810. The van der Waals surface area contributed by atoms with Gasteiger partial charge < -0.3 is 43.4 Å². The zero-order valence-corrected chi connectivity index (χ0v) is 31.3. The average Bonchev–Trinajstić information content (AvgIpc) is 3.83. The van der Waals surface area contributed by atoms with Crippen molar-refractivity contribution in [1.29, 1.82) is 0 Å². The number of carbonyl (C=O) groups is 3. The van der Waals surface area contributed by atoms with Crippen molar-refractivity contribution >= 4 is 17.9 Å². The molecule has 1 fully saturated rings.